The summed E-state index contributed by atoms with van der Waals surface area (Å²) in [4.78, 5) is 2.11. The van der Waals surface area contributed by atoms with Crippen molar-refractivity contribution in [1.82, 2.24) is 0 Å². The number of nitrogens with two attached hydrogens (primary N) is 1. The molecule has 0 spiro atoms. The van der Waals surface area contributed by atoms with Crippen LogP contribution in [0.4, 0.5) is 4.39 Å². The van der Waals surface area contributed by atoms with Crippen molar-refractivity contribution in [3.8, 4) is 10.4 Å². The van der Waals surface area contributed by atoms with Crippen molar-refractivity contribution < 1.29 is 4.39 Å². The molecule has 1 aromatic heterocycles. The number of hydrogen-bond donors (Lipinski definition) is 1. The molecule has 0 fully saturated rings. The van der Waals surface area contributed by atoms with E-state index in [-0.39, 0.29) is 5.82 Å². The Labute approximate surface area is 103 Å². The van der Waals surface area contributed by atoms with Crippen molar-refractivity contribution in [2.45, 2.75) is 13.5 Å². The topological polar surface area (TPSA) is 26.0 Å². The Bertz CT molecular complexity index is 522. The van der Waals surface area contributed by atoms with Crippen molar-refractivity contribution in [2.24, 2.45) is 5.73 Å². The maximum absolute atomic E-state index is 13.2. The van der Waals surface area contributed by atoms with Crippen LogP contribution in [0.5, 0.6) is 0 Å². The first-order chi connectivity index (χ1) is 7.61. The Hall–Kier alpha value is -0.900. The van der Waals surface area contributed by atoms with E-state index in [9.17, 15) is 4.39 Å². The van der Waals surface area contributed by atoms with Gasteiger partial charge >= 0.3 is 0 Å². The minimum absolute atomic E-state index is 0.274. The lowest BCUT2D eigenvalue weighted by Crippen LogP contribution is -1.91. The van der Waals surface area contributed by atoms with Gasteiger partial charge in [-0.25, -0.2) is 4.39 Å². The Morgan fingerprint density at radius 1 is 1.38 bits per heavy atom. The third-order valence-electron chi connectivity index (χ3n) is 2.38. The molecule has 0 atom stereocenters. The maximum Gasteiger partial charge on any atom is 0.127 e. The summed E-state index contributed by atoms with van der Waals surface area (Å²) in [7, 11) is 0. The first-order valence-electron chi connectivity index (χ1n) is 4.86. The van der Waals surface area contributed by atoms with Gasteiger partial charge in [0.15, 0.2) is 0 Å². The third kappa shape index (κ3) is 2.12. The van der Waals surface area contributed by atoms with Crippen LogP contribution < -0.4 is 5.73 Å². The lowest BCUT2D eigenvalue weighted by molar-refractivity contribution is 0.619. The van der Waals surface area contributed by atoms with Crippen molar-refractivity contribution in [3.63, 3.8) is 0 Å². The normalized spacial score (nSPS) is 10.8. The van der Waals surface area contributed by atoms with E-state index in [2.05, 4.69) is 0 Å². The molecule has 0 aliphatic heterocycles. The SMILES string of the molecule is Cc1cc(-c2ccc(CN)s2)c(Cl)cc1F. The number of thiophene rings is 1. The second-order valence-electron chi connectivity index (χ2n) is 3.55. The molecule has 0 saturated carbocycles. The van der Waals surface area contributed by atoms with Crippen LogP contribution in [0, 0.1) is 12.7 Å². The van der Waals surface area contributed by atoms with Crippen molar-refractivity contribution in [1.29, 1.82) is 0 Å². The van der Waals surface area contributed by atoms with Crippen LogP contribution in [-0.4, -0.2) is 0 Å². The van der Waals surface area contributed by atoms with E-state index in [4.69, 9.17) is 17.3 Å². The Morgan fingerprint density at radius 2 is 2.12 bits per heavy atom. The van der Waals surface area contributed by atoms with Gasteiger partial charge in [0.25, 0.3) is 0 Å². The summed E-state index contributed by atoms with van der Waals surface area (Å²) in [5, 5.41) is 0.438. The fourth-order valence-corrected chi connectivity index (χ4v) is 2.70. The molecule has 0 radical (unpaired) electrons. The van der Waals surface area contributed by atoms with Crippen LogP contribution in [0.25, 0.3) is 10.4 Å². The summed E-state index contributed by atoms with van der Waals surface area (Å²) in [6.45, 7) is 2.25. The molecule has 0 bridgehead atoms. The third-order valence-corrected chi connectivity index (χ3v) is 3.83. The summed E-state index contributed by atoms with van der Waals surface area (Å²) in [6.07, 6.45) is 0. The molecule has 2 N–H and O–H groups in total. The zero-order chi connectivity index (χ0) is 11.7. The van der Waals surface area contributed by atoms with Crippen LogP contribution in [0.15, 0.2) is 24.3 Å². The average molecular weight is 256 g/mol. The van der Waals surface area contributed by atoms with Gasteiger partial charge in [0.1, 0.15) is 5.82 Å². The molecule has 1 aromatic carbocycles. The quantitative estimate of drug-likeness (QED) is 0.863. The van der Waals surface area contributed by atoms with E-state index in [1.807, 2.05) is 12.1 Å². The zero-order valence-electron chi connectivity index (χ0n) is 8.76. The number of rotatable bonds is 2. The Morgan fingerprint density at radius 3 is 2.75 bits per heavy atom. The smallest absolute Gasteiger partial charge is 0.127 e. The number of aryl methyl sites for hydroxylation is 1. The van der Waals surface area contributed by atoms with Gasteiger partial charge in [-0.3, -0.25) is 0 Å². The monoisotopic (exact) mass is 255 g/mol. The molecule has 2 rings (SSSR count). The van der Waals surface area contributed by atoms with Gasteiger partial charge in [0.2, 0.25) is 0 Å². The van der Waals surface area contributed by atoms with E-state index >= 15 is 0 Å². The minimum atomic E-state index is -0.274. The molecule has 2 aromatic rings. The Kier molecular flexibility index (Phi) is 3.28. The summed E-state index contributed by atoms with van der Waals surface area (Å²) >= 11 is 7.61. The van der Waals surface area contributed by atoms with E-state index in [0.717, 1.165) is 15.3 Å². The van der Waals surface area contributed by atoms with E-state index < -0.39 is 0 Å². The van der Waals surface area contributed by atoms with Crippen LogP contribution in [0.1, 0.15) is 10.4 Å². The summed E-state index contributed by atoms with van der Waals surface area (Å²) in [5.41, 5.74) is 7.02. The average Bonchev–Trinajstić information content (AvgIpc) is 2.71. The molecule has 1 nitrogen and oxygen atoms in total. The number of halogens is 2. The molecular weight excluding hydrogens is 245 g/mol. The Balaban J connectivity index is 2.51. The number of benzene rings is 1. The lowest BCUT2D eigenvalue weighted by atomic mass is 10.1. The van der Waals surface area contributed by atoms with Crippen LogP contribution in [-0.2, 0) is 6.54 Å². The van der Waals surface area contributed by atoms with Crippen LogP contribution in [0.2, 0.25) is 5.02 Å². The summed E-state index contributed by atoms with van der Waals surface area (Å²) in [6, 6.07) is 7.05. The largest absolute Gasteiger partial charge is 0.326 e. The van der Waals surface area contributed by atoms with E-state index in [1.165, 1.54) is 6.07 Å². The van der Waals surface area contributed by atoms with Crippen LogP contribution in [0.3, 0.4) is 0 Å². The molecule has 0 amide bonds. The van der Waals surface area contributed by atoms with Crippen LogP contribution >= 0.6 is 22.9 Å². The molecule has 84 valence electrons. The second-order valence-corrected chi connectivity index (χ2v) is 5.13. The molecule has 16 heavy (non-hydrogen) atoms. The molecule has 0 aliphatic rings. The number of hydrogen-bond acceptors (Lipinski definition) is 2. The predicted octanol–water partition coefficient (Wildman–Crippen LogP) is 3.97. The molecule has 0 aliphatic carbocycles. The molecule has 0 saturated heterocycles. The van der Waals surface area contributed by atoms with Crippen molar-refractivity contribution >= 4 is 22.9 Å². The molecule has 4 heteroatoms. The van der Waals surface area contributed by atoms with E-state index in [0.29, 0.717) is 17.1 Å². The first-order valence-corrected chi connectivity index (χ1v) is 6.06. The molecule has 1 heterocycles. The highest BCUT2D eigenvalue weighted by Crippen LogP contribution is 2.34. The van der Waals surface area contributed by atoms with Crippen molar-refractivity contribution in [3.05, 3.63) is 45.5 Å². The van der Waals surface area contributed by atoms with Gasteiger partial charge < -0.3 is 5.73 Å². The minimum Gasteiger partial charge on any atom is -0.326 e. The fourth-order valence-electron chi connectivity index (χ4n) is 1.48. The predicted molar refractivity (Wildman–Crippen MR) is 67.4 cm³/mol. The summed E-state index contributed by atoms with van der Waals surface area (Å²) in [5.74, 6) is -0.274. The van der Waals surface area contributed by atoms with Gasteiger partial charge in [0, 0.05) is 21.9 Å². The highest BCUT2D eigenvalue weighted by Gasteiger charge is 2.09. The fraction of sp³-hybridized carbons (Fsp3) is 0.167. The van der Waals surface area contributed by atoms with Gasteiger partial charge in [-0.2, -0.15) is 0 Å². The molecule has 0 unspecified atom stereocenters. The maximum atomic E-state index is 13.2. The molecular formula is C12H11ClFNS. The van der Waals surface area contributed by atoms with E-state index in [1.54, 1.807) is 24.3 Å². The lowest BCUT2D eigenvalue weighted by Gasteiger charge is -2.04. The standard InChI is InChI=1S/C12H11ClFNS/c1-7-4-9(10(13)5-11(7)14)12-3-2-8(6-15)16-12/h2-5H,6,15H2,1H3. The van der Waals surface area contributed by atoms with Gasteiger partial charge in [-0.15, -0.1) is 11.3 Å². The highest BCUT2D eigenvalue weighted by molar-refractivity contribution is 7.15. The van der Waals surface area contributed by atoms with Gasteiger partial charge in [-0.1, -0.05) is 11.6 Å². The summed E-state index contributed by atoms with van der Waals surface area (Å²) < 4.78 is 13.2. The van der Waals surface area contributed by atoms with Gasteiger partial charge in [-0.05, 0) is 36.8 Å². The van der Waals surface area contributed by atoms with Crippen molar-refractivity contribution in [2.75, 3.05) is 0 Å². The second kappa shape index (κ2) is 4.53. The first kappa shape index (κ1) is 11.6. The zero-order valence-corrected chi connectivity index (χ0v) is 10.3. The van der Waals surface area contributed by atoms with Gasteiger partial charge in [0.05, 0.1) is 5.02 Å². The highest BCUT2D eigenvalue weighted by atomic mass is 35.5.